The monoisotopic (exact) mass is 418 g/mol. The lowest BCUT2D eigenvalue weighted by Crippen LogP contribution is -2.09. The molecule has 0 fully saturated rings. The Labute approximate surface area is 178 Å². The Morgan fingerprint density at radius 1 is 1.10 bits per heavy atom. The smallest absolute Gasteiger partial charge is 0.362 e. The van der Waals surface area contributed by atoms with Crippen molar-refractivity contribution in [1.29, 1.82) is 0 Å². The summed E-state index contributed by atoms with van der Waals surface area (Å²) in [6.45, 7) is 5.97. The van der Waals surface area contributed by atoms with Crippen LogP contribution in [0.15, 0.2) is 63.9 Å². The Bertz CT molecular complexity index is 1310. The molecule has 7 nitrogen and oxygen atoms in total. The number of aryl methyl sites for hydroxylation is 2. The van der Waals surface area contributed by atoms with Crippen LogP contribution in [-0.4, -0.2) is 22.4 Å². The maximum Gasteiger partial charge on any atom is 0.362 e. The Morgan fingerprint density at radius 2 is 1.84 bits per heavy atom. The number of para-hydroxylation sites is 1. The molecule has 0 bridgehead atoms. The minimum atomic E-state index is -0.573. The Hall–Kier alpha value is -3.87. The summed E-state index contributed by atoms with van der Waals surface area (Å²) in [5.74, 6) is -0.302. The lowest BCUT2D eigenvalue weighted by Gasteiger charge is -2.09. The summed E-state index contributed by atoms with van der Waals surface area (Å²) in [6, 6.07) is 14.6. The molecule has 0 amide bonds. The number of nitrogens with zero attached hydrogens (tertiary/aromatic N) is 2. The van der Waals surface area contributed by atoms with E-state index in [0.29, 0.717) is 11.1 Å². The number of fused-ring (bicyclic) bond motifs is 1. The maximum atomic E-state index is 12.4. The SMILES string of the molecule is CCOC(=O)c1nn(-c2ccccc2)cc1OCc1cc(=O)oc2cc(C)c(C)cc12. The van der Waals surface area contributed by atoms with E-state index in [9.17, 15) is 9.59 Å². The number of carbonyl (C=O) groups is 1. The molecular formula is C24H22N2O5. The molecule has 0 aliphatic carbocycles. The van der Waals surface area contributed by atoms with Gasteiger partial charge in [-0.1, -0.05) is 18.2 Å². The van der Waals surface area contributed by atoms with Crippen LogP contribution in [0.3, 0.4) is 0 Å². The van der Waals surface area contributed by atoms with Gasteiger partial charge in [-0.25, -0.2) is 14.3 Å². The first-order valence-corrected chi connectivity index (χ1v) is 9.95. The number of rotatable bonds is 6. The van der Waals surface area contributed by atoms with E-state index in [2.05, 4.69) is 5.10 Å². The van der Waals surface area contributed by atoms with E-state index in [1.165, 1.54) is 6.07 Å². The van der Waals surface area contributed by atoms with Crippen molar-refractivity contribution in [1.82, 2.24) is 9.78 Å². The fourth-order valence-electron chi connectivity index (χ4n) is 3.28. The number of benzene rings is 2. The largest absolute Gasteiger partial charge is 0.485 e. The number of carbonyl (C=O) groups excluding carboxylic acids is 1. The summed E-state index contributed by atoms with van der Waals surface area (Å²) in [7, 11) is 0. The molecule has 2 aromatic heterocycles. The third kappa shape index (κ3) is 4.21. The summed E-state index contributed by atoms with van der Waals surface area (Å²) in [5, 5.41) is 5.14. The van der Waals surface area contributed by atoms with Gasteiger partial charge in [-0.15, -0.1) is 0 Å². The average molecular weight is 418 g/mol. The zero-order valence-electron chi connectivity index (χ0n) is 17.5. The van der Waals surface area contributed by atoms with E-state index in [4.69, 9.17) is 13.9 Å². The van der Waals surface area contributed by atoms with Crippen molar-refractivity contribution in [2.24, 2.45) is 0 Å². The van der Waals surface area contributed by atoms with Gasteiger partial charge in [0.25, 0.3) is 0 Å². The van der Waals surface area contributed by atoms with Crippen LogP contribution >= 0.6 is 0 Å². The molecule has 0 unspecified atom stereocenters. The third-order valence-corrected chi connectivity index (χ3v) is 5.00. The molecule has 0 spiro atoms. The van der Waals surface area contributed by atoms with Crippen LogP contribution in [-0.2, 0) is 11.3 Å². The summed E-state index contributed by atoms with van der Waals surface area (Å²) in [4.78, 5) is 24.5. The van der Waals surface area contributed by atoms with E-state index < -0.39 is 11.6 Å². The van der Waals surface area contributed by atoms with Crippen LogP contribution in [0.2, 0.25) is 0 Å². The van der Waals surface area contributed by atoms with Crippen molar-refractivity contribution >= 4 is 16.9 Å². The van der Waals surface area contributed by atoms with Gasteiger partial charge in [-0.3, -0.25) is 0 Å². The first-order chi connectivity index (χ1) is 15.0. The third-order valence-electron chi connectivity index (χ3n) is 5.00. The van der Waals surface area contributed by atoms with Crippen molar-refractivity contribution < 1.29 is 18.7 Å². The lowest BCUT2D eigenvalue weighted by molar-refractivity contribution is 0.0514. The van der Waals surface area contributed by atoms with E-state index in [1.54, 1.807) is 17.8 Å². The van der Waals surface area contributed by atoms with Gasteiger partial charge in [0.2, 0.25) is 5.69 Å². The van der Waals surface area contributed by atoms with Crippen LogP contribution < -0.4 is 10.4 Å². The minimum absolute atomic E-state index is 0.0670. The number of ether oxygens (including phenoxy) is 2. The molecule has 0 N–H and O–H groups in total. The van der Waals surface area contributed by atoms with E-state index in [0.717, 1.165) is 22.2 Å². The minimum Gasteiger partial charge on any atom is -0.485 e. The molecule has 2 heterocycles. The second kappa shape index (κ2) is 8.47. The number of hydrogen-bond donors (Lipinski definition) is 0. The van der Waals surface area contributed by atoms with Gasteiger partial charge in [0, 0.05) is 17.0 Å². The zero-order chi connectivity index (χ0) is 22.0. The Morgan fingerprint density at radius 3 is 2.58 bits per heavy atom. The molecule has 4 aromatic rings. The van der Waals surface area contributed by atoms with Crippen LogP contribution in [0.4, 0.5) is 0 Å². The van der Waals surface area contributed by atoms with Crippen molar-refractivity contribution in [3.8, 4) is 11.4 Å². The predicted molar refractivity (Wildman–Crippen MR) is 116 cm³/mol. The van der Waals surface area contributed by atoms with Gasteiger partial charge in [0.1, 0.15) is 12.2 Å². The molecule has 31 heavy (non-hydrogen) atoms. The van der Waals surface area contributed by atoms with E-state index in [1.807, 2.05) is 56.3 Å². The number of esters is 1. The van der Waals surface area contributed by atoms with Crippen molar-refractivity contribution in [2.75, 3.05) is 6.61 Å². The highest BCUT2D eigenvalue weighted by Crippen LogP contribution is 2.25. The summed E-state index contributed by atoms with van der Waals surface area (Å²) in [6.07, 6.45) is 1.63. The number of aromatic nitrogens is 2. The van der Waals surface area contributed by atoms with Crippen LogP contribution in [0.1, 0.15) is 34.1 Å². The lowest BCUT2D eigenvalue weighted by atomic mass is 10.0. The maximum absolute atomic E-state index is 12.4. The summed E-state index contributed by atoms with van der Waals surface area (Å²) < 4.78 is 18.0. The second-order valence-electron chi connectivity index (χ2n) is 7.15. The topological polar surface area (TPSA) is 83.6 Å². The van der Waals surface area contributed by atoms with Gasteiger partial charge in [-0.05, 0) is 56.2 Å². The Balaban J connectivity index is 1.71. The van der Waals surface area contributed by atoms with Crippen molar-refractivity contribution in [3.05, 3.63) is 87.5 Å². The van der Waals surface area contributed by atoms with Gasteiger partial charge >= 0.3 is 11.6 Å². The first kappa shape index (κ1) is 20.4. The fraction of sp³-hybridized carbons (Fsp3) is 0.208. The molecule has 7 heteroatoms. The van der Waals surface area contributed by atoms with E-state index >= 15 is 0 Å². The first-order valence-electron chi connectivity index (χ1n) is 9.95. The van der Waals surface area contributed by atoms with Gasteiger partial charge in [0.15, 0.2) is 5.75 Å². The molecule has 2 aromatic carbocycles. The molecule has 0 saturated carbocycles. The summed E-state index contributed by atoms with van der Waals surface area (Å²) in [5.41, 5.74) is 3.66. The molecule has 0 saturated heterocycles. The molecule has 158 valence electrons. The van der Waals surface area contributed by atoms with E-state index in [-0.39, 0.29) is 24.7 Å². The van der Waals surface area contributed by atoms with Crippen LogP contribution in [0.5, 0.6) is 5.75 Å². The Kier molecular flexibility index (Phi) is 5.58. The normalized spacial score (nSPS) is 10.9. The predicted octanol–water partition coefficient (Wildman–Crippen LogP) is 4.35. The zero-order valence-corrected chi connectivity index (χ0v) is 17.5. The molecule has 4 rings (SSSR count). The highest BCUT2D eigenvalue weighted by Gasteiger charge is 2.21. The molecule has 0 aliphatic heterocycles. The molecule has 0 atom stereocenters. The average Bonchev–Trinajstić information content (AvgIpc) is 3.18. The highest BCUT2D eigenvalue weighted by atomic mass is 16.5. The van der Waals surface area contributed by atoms with Crippen LogP contribution in [0.25, 0.3) is 16.7 Å². The molecular weight excluding hydrogens is 396 g/mol. The molecule has 0 radical (unpaired) electrons. The van der Waals surface area contributed by atoms with Gasteiger partial charge < -0.3 is 13.9 Å². The fourth-order valence-corrected chi connectivity index (χ4v) is 3.28. The van der Waals surface area contributed by atoms with Crippen molar-refractivity contribution in [3.63, 3.8) is 0 Å². The van der Waals surface area contributed by atoms with Crippen molar-refractivity contribution in [2.45, 2.75) is 27.4 Å². The molecule has 0 aliphatic rings. The number of hydrogen-bond acceptors (Lipinski definition) is 6. The quantitative estimate of drug-likeness (QED) is 0.342. The highest BCUT2D eigenvalue weighted by molar-refractivity contribution is 5.90. The van der Waals surface area contributed by atoms with Gasteiger partial charge in [-0.2, -0.15) is 5.10 Å². The van der Waals surface area contributed by atoms with Crippen LogP contribution in [0, 0.1) is 13.8 Å². The standard InChI is InChI=1S/C24H22N2O5/c1-4-29-24(28)23-21(13-26(25-23)18-8-6-5-7-9-18)30-14-17-12-22(27)31-20-11-16(3)15(2)10-19(17)20/h5-13H,4,14H2,1-3H3. The second-order valence-corrected chi connectivity index (χ2v) is 7.15. The van der Waals surface area contributed by atoms with Gasteiger partial charge in [0.05, 0.1) is 18.5 Å². The summed E-state index contributed by atoms with van der Waals surface area (Å²) >= 11 is 0.